The van der Waals surface area contributed by atoms with E-state index >= 15 is 0 Å². The van der Waals surface area contributed by atoms with Crippen LogP contribution in [0.25, 0.3) is 5.76 Å². The normalized spacial score (nSPS) is 19.9. The Kier molecular flexibility index (Phi) is 5.65. The lowest BCUT2D eigenvalue weighted by molar-refractivity contribution is -0.140. The fourth-order valence-electron chi connectivity index (χ4n) is 3.78. The van der Waals surface area contributed by atoms with Gasteiger partial charge in [-0.1, -0.05) is 18.2 Å². The molecule has 31 heavy (non-hydrogen) atoms. The summed E-state index contributed by atoms with van der Waals surface area (Å²) < 4.78 is 25.8. The van der Waals surface area contributed by atoms with E-state index in [1.54, 1.807) is 24.3 Å². The zero-order chi connectivity index (χ0) is 22.1. The number of benzene rings is 2. The zero-order valence-electron chi connectivity index (χ0n) is 17.3. The third-order valence-electron chi connectivity index (χ3n) is 5.34. The Morgan fingerprint density at radius 2 is 1.84 bits per heavy atom. The van der Waals surface area contributed by atoms with Gasteiger partial charge in [0, 0.05) is 24.2 Å². The predicted octanol–water partition coefficient (Wildman–Crippen LogP) is 2.58. The van der Waals surface area contributed by atoms with Gasteiger partial charge in [-0.25, -0.2) is 4.39 Å². The van der Waals surface area contributed by atoms with Gasteiger partial charge in [-0.05, 0) is 38.4 Å². The number of amides is 1. The van der Waals surface area contributed by atoms with Gasteiger partial charge in [-0.15, -0.1) is 0 Å². The van der Waals surface area contributed by atoms with Crippen LogP contribution in [-0.4, -0.2) is 67.0 Å². The molecule has 0 unspecified atom stereocenters. The van der Waals surface area contributed by atoms with Crippen molar-refractivity contribution in [3.05, 3.63) is 65.0 Å². The van der Waals surface area contributed by atoms with Gasteiger partial charge >= 0.3 is 0 Å². The molecular formula is C23H23FN2O5. The van der Waals surface area contributed by atoms with Crippen molar-refractivity contribution in [1.29, 1.82) is 0 Å². The van der Waals surface area contributed by atoms with Gasteiger partial charge in [-0.3, -0.25) is 9.59 Å². The molecular weight excluding hydrogens is 403 g/mol. The van der Waals surface area contributed by atoms with Gasteiger partial charge in [0.1, 0.15) is 24.8 Å². The molecule has 0 aliphatic carbocycles. The molecule has 0 saturated carbocycles. The number of aliphatic hydroxyl groups excluding tert-OH is 1. The molecule has 1 fully saturated rings. The highest BCUT2D eigenvalue weighted by molar-refractivity contribution is 6.46. The van der Waals surface area contributed by atoms with E-state index in [0.29, 0.717) is 31.3 Å². The average Bonchev–Trinajstić information content (AvgIpc) is 3.01. The van der Waals surface area contributed by atoms with Gasteiger partial charge in [-0.2, -0.15) is 0 Å². The lowest BCUT2D eigenvalue weighted by Gasteiger charge is -2.27. The zero-order valence-corrected chi connectivity index (χ0v) is 17.3. The molecule has 2 aromatic rings. The Morgan fingerprint density at radius 1 is 1.13 bits per heavy atom. The highest BCUT2D eigenvalue weighted by Gasteiger charge is 2.46. The number of ether oxygens (including phenoxy) is 2. The lowest BCUT2D eigenvalue weighted by Crippen LogP contribution is -2.35. The van der Waals surface area contributed by atoms with Crippen molar-refractivity contribution in [2.45, 2.75) is 6.04 Å². The van der Waals surface area contributed by atoms with Crippen LogP contribution in [0, 0.1) is 5.82 Å². The van der Waals surface area contributed by atoms with Crippen molar-refractivity contribution in [3.63, 3.8) is 0 Å². The van der Waals surface area contributed by atoms with Crippen LogP contribution in [0.5, 0.6) is 11.5 Å². The molecule has 2 aliphatic heterocycles. The smallest absolute Gasteiger partial charge is 0.295 e. The molecule has 162 valence electrons. The van der Waals surface area contributed by atoms with Gasteiger partial charge < -0.3 is 24.4 Å². The van der Waals surface area contributed by atoms with Crippen molar-refractivity contribution in [2.24, 2.45) is 0 Å². The number of likely N-dealkylation sites (N-methyl/N-ethyl adjacent to an activating group) is 1. The number of Topliss-reactive ketones (excluding diaryl/α,β-unsaturated/α-hetero) is 1. The van der Waals surface area contributed by atoms with Crippen LogP contribution >= 0.6 is 0 Å². The summed E-state index contributed by atoms with van der Waals surface area (Å²) in [5.74, 6) is -1.60. The van der Waals surface area contributed by atoms with Crippen molar-refractivity contribution in [2.75, 3.05) is 40.4 Å². The Labute approximate surface area is 179 Å². The number of aliphatic hydroxyl groups is 1. The van der Waals surface area contributed by atoms with Crippen molar-refractivity contribution < 1.29 is 28.6 Å². The fraction of sp³-hybridized carbons (Fsp3) is 0.304. The van der Waals surface area contributed by atoms with Crippen molar-refractivity contribution in [3.8, 4) is 11.5 Å². The minimum Gasteiger partial charge on any atom is -0.507 e. The minimum absolute atomic E-state index is 0.148. The number of hydrogen-bond donors (Lipinski definition) is 1. The first kappa shape index (κ1) is 20.9. The summed E-state index contributed by atoms with van der Waals surface area (Å²) in [5, 5.41) is 11.1. The van der Waals surface area contributed by atoms with Crippen LogP contribution in [0.1, 0.15) is 17.2 Å². The summed E-state index contributed by atoms with van der Waals surface area (Å²) in [7, 11) is 3.67. The third kappa shape index (κ3) is 3.86. The average molecular weight is 426 g/mol. The molecule has 0 aromatic heterocycles. The van der Waals surface area contributed by atoms with Gasteiger partial charge in [0.25, 0.3) is 11.7 Å². The van der Waals surface area contributed by atoms with E-state index in [9.17, 15) is 19.1 Å². The Bertz CT molecular complexity index is 1070. The topological polar surface area (TPSA) is 79.3 Å². The van der Waals surface area contributed by atoms with E-state index in [1.165, 1.54) is 23.1 Å². The van der Waals surface area contributed by atoms with E-state index in [2.05, 4.69) is 0 Å². The second kappa shape index (κ2) is 8.39. The molecule has 2 aromatic carbocycles. The molecule has 1 atom stereocenters. The Morgan fingerprint density at radius 3 is 2.55 bits per heavy atom. The van der Waals surface area contributed by atoms with E-state index < -0.39 is 23.5 Å². The maximum atomic E-state index is 14.7. The molecule has 1 amide bonds. The first-order chi connectivity index (χ1) is 14.9. The molecule has 2 aliphatic rings. The van der Waals surface area contributed by atoms with Crippen molar-refractivity contribution >= 4 is 17.4 Å². The standard InChI is InChI=1S/C23H23FN2O5/c1-25(2)9-10-26-20(15-5-3-4-6-16(15)24)19(22(28)23(26)29)21(27)14-7-8-17-18(13-14)31-12-11-30-17/h3-8,13,20,27H,9-12H2,1-2H3/t20-/m0/s1. The van der Waals surface area contributed by atoms with Crippen LogP contribution in [-0.2, 0) is 9.59 Å². The predicted molar refractivity (Wildman–Crippen MR) is 111 cm³/mol. The minimum atomic E-state index is -1.03. The van der Waals surface area contributed by atoms with Crippen LogP contribution in [0.2, 0.25) is 0 Å². The largest absolute Gasteiger partial charge is 0.507 e. The lowest BCUT2D eigenvalue weighted by atomic mass is 9.94. The first-order valence-corrected chi connectivity index (χ1v) is 9.96. The van der Waals surface area contributed by atoms with Crippen LogP contribution < -0.4 is 9.47 Å². The molecule has 2 heterocycles. The monoisotopic (exact) mass is 426 g/mol. The summed E-state index contributed by atoms with van der Waals surface area (Å²) in [5.41, 5.74) is 0.293. The first-order valence-electron chi connectivity index (χ1n) is 9.96. The number of halogens is 1. The van der Waals surface area contributed by atoms with Crippen LogP contribution in [0.4, 0.5) is 4.39 Å². The van der Waals surface area contributed by atoms with Crippen LogP contribution in [0.15, 0.2) is 48.0 Å². The molecule has 1 saturated heterocycles. The van der Waals surface area contributed by atoms with Gasteiger partial charge in [0.05, 0.1) is 11.6 Å². The number of carbonyl (C=O) groups excluding carboxylic acids is 2. The van der Waals surface area contributed by atoms with Crippen LogP contribution in [0.3, 0.4) is 0 Å². The highest BCUT2D eigenvalue weighted by atomic mass is 19.1. The van der Waals surface area contributed by atoms with E-state index in [1.807, 2.05) is 19.0 Å². The molecule has 4 rings (SSSR count). The molecule has 8 heteroatoms. The number of carbonyl (C=O) groups is 2. The fourth-order valence-corrected chi connectivity index (χ4v) is 3.78. The molecule has 0 bridgehead atoms. The molecule has 0 radical (unpaired) electrons. The maximum Gasteiger partial charge on any atom is 0.295 e. The van der Waals surface area contributed by atoms with E-state index in [0.717, 1.165) is 0 Å². The SMILES string of the molecule is CN(C)CCN1C(=O)C(=O)C(=C(O)c2ccc3c(c2)OCCO3)[C@@H]1c1ccccc1F. The number of likely N-dealkylation sites (tertiary alicyclic amines) is 1. The number of hydrogen-bond acceptors (Lipinski definition) is 6. The quantitative estimate of drug-likeness (QED) is 0.450. The van der Waals surface area contributed by atoms with Gasteiger partial charge in [0.15, 0.2) is 11.5 Å². The van der Waals surface area contributed by atoms with E-state index in [-0.39, 0.29) is 29.0 Å². The Balaban J connectivity index is 1.84. The molecule has 7 nitrogen and oxygen atoms in total. The number of nitrogens with zero attached hydrogens (tertiary/aromatic N) is 2. The van der Waals surface area contributed by atoms with E-state index in [4.69, 9.17) is 9.47 Å². The second-order valence-corrected chi connectivity index (χ2v) is 7.68. The second-order valence-electron chi connectivity index (χ2n) is 7.68. The summed E-state index contributed by atoms with van der Waals surface area (Å²) in [6.45, 7) is 1.46. The third-order valence-corrected chi connectivity index (χ3v) is 5.34. The number of ketones is 1. The highest BCUT2D eigenvalue weighted by Crippen LogP contribution is 2.41. The number of fused-ring (bicyclic) bond motifs is 1. The summed E-state index contributed by atoms with van der Waals surface area (Å²) in [4.78, 5) is 29.0. The maximum absolute atomic E-state index is 14.7. The summed E-state index contributed by atoms with van der Waals surface area (Å²) in [6, 6.07) is 9.68. The van der Waals surface area contributed by atoms with Crippen molar-refractivity contribution in [1.82, 2.24) is 9.80 Å². The Hall–Kier alpha value is -3.39. The summed E-state index contributed by atoms with van der Waals surface area (Å²) >= 11 is 0. The number of rotatable bonds is 5. The summed E-state index contributed by atoms with van der Waals surface area (Å²) in [6.07, 6.45) is 0. The molecule has 1 N–H and O–H groups in total. The molecule has 0 spiro atoms. The van der Waals surface area contributed by atoms with Gasteiger partial charge in [0.2, 0.25) is 0 Å².